The molecule has 26 heavy (non-hydrogen) atoms. The maximum Gasteiger partial charge on any atom is 0.274 e. The number of aryl methyl sites for hydroxylation is 1. The molecule has 3 rings (SSSR count). The summed E-state index contributed by atoms with van der Waals surface area (Å²) in [6.07, 6.45) is 3.26. The zero-order chi connectivity index (χ0) is 18.5. The second-order valence-corrected chi connectivity index (χ2v) is 6.35. The summed E-state index contributed by atoms with van der Waals surface area (Å²) >= 11 is 0. The smallest absolute Gasteiger partial charge is 0.274 e. The lowest BCUT2D eigenvalue weighted by Gasteiger charge is -2.26. The van der Waals surface area contributed by atoms with Crippen molar-refractivity contribution >= 4 is 11.6 Å². The fraction of sp³-hybridized carbons (Fsp3) is 0.350. The van der Waals surface area contributed by atoms with Crippen molar-refractivity contribution in [3.63, 3.8) is 0 Å². The van der Waals surface area contributed by atoms with Gasteiger partial charge in [-0.2, -0.15) is 0 Å². The van der Waals surface area contributed by atoms with E-state index >= 15 is 0 Å². The Morgan fingerprint density at radius 3 is 2.46 bits per heavy atom. The van der Waals surface area contributed by atoms with Crippen molar-refractivity contribution in [1.82, 2.24) is 5.48 Å². The van der Waals surface area contributed by atoms with Crippen LogP contribution in [0.25, 0.3) is 0 Å². The Morgan fingerprint density at radius 1 is 1.12 bits per heavy atom. The number of carbonyl (C=O) groups excluding carboxylic acids is 1. The largest absolute Gasteiger partial charge is 0.493 e. The van der Waals surface area contributed by atoms with Gasteiger partial charge in [-0.1, -0.05) is 12.1 Å². The van der Waals surface area contributed by atoms with E-state index in [9.17, 15) is 4.79 Å². The second kappa shape index (κ2) is 8.10. The fourth-order valence-electron chi connectivity index (χ4n) is 3.35. The Labute approximate surface area is 153 Å². The minimum Gasteiger partial charge on any atom is -0.493 e. The van der Waals surface area contributed by atoms with E-state index in [2.05, 4.69) is 11.0 Å². The average molecular weight is 356 g/mol. The first kappa shape index (κ1) is 18.1. The number of hydrogen-bond acceptors (Lipinski definition) is 5. The molecular weight excluding hydrogens is 332 g/mol. The standard InChI is InChI=1S/C20H24N2O4/c1-25-18-11-16-5-3-4-10-22(17(16)12-19(18)26-2)13-14-6-8-15(9-7-14)20(23)21-24/h6-9,11-12,24H,3-5,10,13H2,1-2H3,(H,21,23). The first-order valence-electron chi connectivity index (χ1n) is 8.69. The first-order chi connectivity index (χ1) is 12.7. The van der Waals surface area contributed by atoms with Crippen LogP contribution in [0.3, 0.4) is 0 Å². The molecule has 6 heteroatoms. The van der Waals surface area contributed by atoms with Gasteiger partial charge in [-0.3, -0.25) is 10.0 Å². The molecule has 0 saturated heterocycles. The maximum absolute atomic E-state index is 11.5. The van der Waals surface area contributed by atoms with Crippen LogP contribution in [0, 0.1) is 0 Å². The third-order valence-electron chi connectivity index (χ3n) is 4.74. The minimum atomic E-state index is -0.506. The van der Waals surface area contributed by atoms with Crippen molar-refractivity contribution in [3.05, 3.63) is 53.1 Å². The Bertz CT molecular complexity index is 774. The predicted octanol–water partition coefficient (Wildman–Crippen LogP) is 3.17. The predicted molar refractivity (Wildman–Crippen MR) is 99.2 cm³/mol. The number of methoxy groups -OCH3 is 2. The average Bonchev–Trinajstić information content (AvgIpc) is 2.88. The summed E-state index contributed by atoms with van der Waals surface area (Å²) in [6, 6.07) is 11.4. The summed E-state index contributed by atoms with van der Waals surface area (Å²) in [5.41, 5.74) is 5.61. The van der Waals surface area contributed by atoms with Gasteiger partial charge in [-0.15, -0.1) is 0 Å². The van der Waals surface area contributed by atoms with Crippen LogP contribution in [0.4, 0.5) is 5.69 Å². The number of nitrogens with zero attached hydrogens (tertiary/aromatic N) is 1. The van der Waals surface area contributed by atoms with Gasteiger partial charge in [0.15, 0.2) is 11.5 Å². The first-order valence-corrected chi connectivity index (χ1v) is 8.69. The number of amides is 1. The summed E-state index contributed by atoms with van der Waals surface area (Å²) in [4.78, 5) is 13.8. The molecule has 0 aromatic heterocycles. The number of hydroxylamine groups is 1. The number of fused-ring (bicyclic) bond motifs is 1. The second-order valence-electron chi connectivity index (χ2n) is 6.35. The summed E-state index contributed by atoms with van der Waals surface area (Å²) in [5.74, 6) is 0.981. The SMILES string of the molecule is COc1cc2c(cc1OC)N(Cc1ccc(C(=O)NO)cc1)CCCC2. The molecule has 2 N–H and O–H groups in total. The molecule has 0 fully saturated rings. The maximum atomic E-state index is 11.5. The lowest BCUT2D eigenvalue weighted by Crippen LogP contribution is -2.24. The number of benzene rings is 2. The number of ether oxygens (including phenoxy) is 2. The van der Waals surface area contributed by atoms with E-state index in [0.29, 0.717) is 5.56 Å². The lowest BCUT2D eigenvalue weighted by molar-refractivity contribution is 0.0706. The van der Waals surface area contributed by atoms with Crippen LogP contribution >= 0.6 is 0 Å². The third-order valence-corrected chi connectivity index (χ3v) is 4.74. The van der Waals surface area contributed by atoms with Gasteiger partial charge in [-0.25, -0.2) is 5.48 Å². The van der Waals surface area contributed by atoms with Gasteiger partial charge in [0.1, 0.15) is 0 Å². The van der Waals surface area contributed by atoms with Gasteiger partial charge in [0.25, 0.3) is 5.91 Å². The van der Waals surface area contributed by atoms with Crippen LogP contribution in [0.15, 0.2) is 36.4 Å². The van der Waals surface area contributed by atoms with Crippen LogP contribution in [-0.2, 0) is 13.0 Å². The normalized spacial score (nSPS) is 13.6. The highest BCUT2D eigenvalue weighted by atomic mass is 16.5. The van der Waals surface area contributed by atoms with Gasteiger partial charge in [0.05, 0.1) is 14.2 Å². The van der Waals surface area contributed by atoms with Crippen LogP contribution in [0.1, 0.15) is 34.3 Å². The van der Waals surface area contributed by atoms with Crippen LogP contribution in [-0.4, -0.2) is 31.9 Å². The summed E-state index contributed by atoms with van der Waals surface area (Å²) in [7, 11) is 3.30. The third kappa shape index (κ3) is 3.75. The number of hydrogen-bond donors (Lipinski definition) is 2. The quantitative estimate of drug-likeness (QED) is 0.636. The highest BCUT2D eigenvalue weighted by molar-refractivity contribution is 5.93. The molecule has 1 amide bonds. The van der Waals surface area contributed by atoms with Crippen molar-refractivity contribution in [2.45, 2.75) is 25.8 Å². The molecule has 1 heterocycles. The van der Waals surface area contributed by atoms with Crippen LogP contribution < -0.4 is 19.9 Å². The monoisotopic (exact) mass is 356 g/mol. The Kier molecular flexibility index (Phi) is 5.63. The Hall–Kier alpha value is -2.73. The number of nitrogens with one attached hydrogen (secondary N) is 1. The summed E-state index contributed by atoms with van der Waals surface area (Å²) < 4.78 is 10.9. The van der Waals surface area contributed by atoms with Gasteiger partial charge >= 0.3 is 0 Å². The zero-order valence-corrected chi connectivity index (χ0v) is 15.1. The van der Waals surface area contributed by atoms with Crippen LogP contribution in [0.2, 0.25) is 0 Å². The van der Waals surface area contributed by atoms with Gasteiger partial charge in [0, 0.05) is 30.4 Å². The van der Waals surface area contributed by atoms with E-state index in [0.717, 1.165) is 55.1 Å². The van der Waals surface area contributed by atoms with Gasteiger partial charge in [0.2, 0.25) is 0 Å². The van der Waals surface area contributed by atoms with Crippen molar-refractivity contribution in [1.29, 1.82) is 0 Å². The molecule has 1 aliphatic rings. The molecule has 0 radical (unpaired) electrons. The molecule has 0 unspecified atom stereocenters. The molecule has 138 valence electrons. The van der Waals surface area contributed by atoms with E-state index in [1.54, 1.807) is 31.8 Å². The van der Waals surface area contributed by atoms with Crippen molar-refractivity contribution < 1.29 is 19.5 Å². The lowest BCUT2D eigenvalue weighted by atomic mass is 10.1. The van der Waals surface area contributed by atoms with E-state index in [4.69, 9.17) is 14.7 Å². The molecule has 0 aliphatic carbocycles. The zero-order valence-electron chi connectivity index (χ0n) is 15.1. The van der Waals surface area contributed by atoms with Crippen molar-refractivity contribution in [3.8, 4) is 11.5 Å². The Balaban J connectivity index is 1.88. The highest BCUT2D eigenvalue weighted by Crippen LogP contribution is 2.38. The highest BCUT2D eigenvalue weighted by Gasteiger charge is 2.19. The van der Waals surface area contributed by atoms with E-state index in [1.165, 1.54) is 5.56 Å². The molecule has 0 bridgehead atoms. The topological polar surface area (TPSA) is 71.0 Å². The molecule has 0 spiro atoms. The fourth-order valence-corrected chi connectivity index (χ4v) is 3.35. The van der Waals surface area contributed by atoms with Crippen LogP contribution in [0.5, 0.6) is 11.5 Å². The number of carbonyl (C=O) groups is 1. The summed E-state index contributed by atoms with van der Waals surface area (Å²) in [5, 5.41) is 8.72. The number of anilines is 1. The Morgan fingerprint density at radius 2 is 1.81 bits per heavy atom. The minimum absolute atomic E-state index is 0.430. The van der Waals surface area contributed by atoms with Crippen molar-refractivity contribution in [2.24, 2.45) is 0 Å². The molecule has 2 aromatic rings. The molecule has 2 aromatic carbocycles. The van der Waals surface area contributed by atoms with Crippen molar-refractivity contribution in [2.75, 3.05) is 25.7 Å². The van der Waals surface area contributed by atoms with E-state index < -0.39 is 5.91 Å². The molecular formula is C20H24N2O4. The van der Waals surface area contributed by atoms with E-state index in [-0.39, 0.29) is 0 Å². The molecule has 6 nitrogen and oxygen atoms in total. The molecule has 0 atom stereocenters. The molecule has 1 aliphatic heterocycles. The number of rotatable bonds is 5. The van der Waals surface area contributed by atoms with Gasteiger partial charge < -0.3 is 14.4 Å². The summed E-state index contributed by atoms with van der Waals surface area (Å²) in [6.45, 7) is 1.70. The molecule has 0 saturated carbocycles. The van der Waals surface area contributed by atoms with Gasteiger partial charge in [-0.05, 0) is 48.6 Å². The van der Waals surface area contributed by atoms with E-state index in [1.807, 2.05) is 18.2 Å².